The van der Waals surface area contributed by atoms with E-state index in [1.165, 1.54) is 12.8 Å². The van der Waals surface area contributed by atoms with Gasteiger partial charge in [0.15, 0.2) is 0 Å². The number of nitrogens with zero attached hydrogens (tertiary/aromatic N) is 1. The number of halogens is 1. The van der Waals surface area contributed by atoms with Gasteiger partial charge in [-0.1, -0.05) is 0 Å². The Kier molecular flexibility index (Phi) is 1.55. The van der Waals surface area contributed by atoms with Crippen LogP contribution in [0, 0.1) is 5.92 Å². The maximum atomic E-state index is 5.55. The van der Waals surface area contributed by atoms with Crippen LogP contribution in [-0.2, 0) is 0 Å². The van der Waals surface area contributed by atoms with Gasteiger partial charge in [-0.05, 0) is 30.5 Å². The highest BCUT2D eigenvalue weighted by Crippen LogP contribution is 2.29. The van der Waals surface area contributed by atoms with Gasteiger partial charge in [-0.25, -0.2) is 4.42 Å². The minimum atomic E-state index is 0.919. The van der Waals surface area contributed by atoms with Crippen LogP contribution in [0.15, 0.2) is 0 Å². The maximum absolute atomic E-state index is 5.55. The van der Waals surface area contributed by atoms with Crippen molar-refractivity contribution in [2.45, 2.75) is 12.8 Å². The molecule has 1 aliphatic rings. The quantitative estimate of drug-likeness (QED) is 0.498. The first-order valence-electron chi connectivity index (χ1n) is 2.66. The first kappa shape index (κ1) is 5.39. The summed E-state index contributed by atoms with van der Waals surface area (Å²) >= 11 is 5.55. The van der Waals surface area contributed by atoms with E-state index in [9.17, 15) is 0 Å². The minimum absolute atomic E-state index is 0.919. The van der Waals surface area contributed by atoms with Crippen molar-refractivity contribution in [1.29, 1.82) is 0 Å². The van der Waals surface area contributed by atoms with Gasteiger partial charge >= 0.3 is 0 Å². The highest BCUT2D eigenvalue weighted by Gasteiger charge is 2.21. The van der Waals surface area contributed by atoms with Crippen molar-refractivity contribution in [1.82, 2.24) is 4.42 Å². The van der Waals surface area contributed by atoms with Crippen molar-refractivity contribution >= 4 is 11.8 Å². The first-order valence-corrected chi connectivity index (χ1v) is 3.00. The molecule has 1 nitrogen and oxygen atoms in total. The Morgan fingerprint density at radius 3 is 2.43 bits per heavy atom. The molecule has 0 unspecified atom stereocenters. The second-order valence-corrected chi connectivity index (χ2v) is 2.81. The van der Waals surface area contributed by atoms with E-state index in [-0.39, 0.29) is 0 Å². The summed E-state index contributed by atoms with van der Waals surface area (Å²) in [7, 11) is 1.90. The summed E-state index contributed by atoms with van der Waals surface area (Å²) in [4.78, 5) is 0. The third-order valence-corrected chi connectivity index (χ3v) is 1.34. The predicted molar refractivity (Wildman–Crippen MR) is 31.2 cm³/mol. The summed E-state index contributed by atoms with van der Waals surface area (Å²) in [5.41, 5.74) is 0. The van der Waals surface area contributed by atoms with Crippen LogP contribution in [0.2, 0.25) is 0 Å². The lowest BCUT2D eigenvalue weighted by Crippen LogP contribution is -2.07. The van der Waals surface area contributed by atoms with Gasteiger partial charge in [-0.2, -0.15) is 0 Å². The smallest absolute Gasteiger partial charge is 0.0164 e. The molecule has 0 heterocycles. The monoisotopic (exact) mass is 119 g/mol. The molecule has 1 fully saturated rings. The second-order valence-electron chi connectivity index (χ2n) is 2.23. The molecular weight excluding hydrogens is 110 g/mol. The van der Waals surface area contributed by atoms with Gasteiger partial charge in [0.1, 0.15) is 0 Å². The van der Waals surface area contributed by atoms with Crippen LogP contribution in [0.25, 0.3) is 0 Å². The fourth-order valence-electron chi connectivity index (χ4n) is 0.656. The lowest BCUT2D eigenvalue weighted by Gasteiger charge is -2.01. The third kappa shape index (κ3) is 2.15. The van der Waals surface area contributed by atoms with Crippen molar-refractivity contribution in [2.24, 2.45) is 5.92 Å². The molecule has 0 aliphatic heterocycles. The van der Waals surface area contributed by atoms with Crippen molar-refractivity contribution < 1.29 is 0 Å². The highest BCUT2D eigenvalue weighted by molar-refractivity contribution is 6.13. The summed E-state index contributed by atoms with van der Waals surface area (Å²) in [6, 6.07) is 0. The van der Waals surface area contributed by atoms with E-state index in [4.69, 9.17) is 11.8 Å². The molecular formula is C5H10ClN. The summed E-state index contributed by atoms with van der Waals surface area (Å²) in [6.45, 7) is 1.07. The van der Waals surface area contributed by atoms with Gasteiger partial charge in [-0.3, -0.25) is 0 Å². The van der Waals surface area contributed by atoms with Gasteiger partial charge in [0, 0.05) is 13.6 Å². The summed E-state index contributed by atoms with van der Waals surface area (Å²) < 4.78 is 1.73. The standard InChI is InChI=1S/C5H10ClN/c1-7(6)4-5-2-3-5/h5H,2-4H2,1H3. The van der Waals surface area contributed by atoms with Crippen molar-refractivity contribution in [2.75, 3.05) is 13.6 Å². The summed E-state index contributed by atoms with van der Waals surface area (Å²) in [5.74, 6) is 0.919. The lowest BCUT2D eigenvalue weighted by molar-refractivity contribution is 0.513. The summed E-state index contributed by atoms with van der Waals surface area (Å²) in [5, 5.41) is 0. The van der Waals surface area contributed by atoms with Crippen LogP contribution < -0.4 is 0 Å². The van der Waals surface area contributed by atoms with E-state index >= 15 is 0 Å². The summed E-state index contributed by atoms with van der Waals surface area (Å²) in [6.07, 6.45) is 2.77. The van der Waals surface area contributed by atoms with E-state index in [1.54, 1.807) is 4.42 Å². The Bertz CT molecular complexity index is 59.1. The molecule has 0 atom stereocenters. The van der Waals surface area contributed by atoms with Crippen LogP contribution in [-0.4, -0.2) is 18.0 Å². The molecule has 0 amide bonds. The SMILES string of the molecule is CN(Cl)CC1CC1. The Labute approximate surface area is 49.4 Å². The van der Waals surface area contributed by atoms with Gasteiger partial charge in [0.25, 0.3) is 0 Å². The Morgan fingerprint density at radius 2 is 2.29 bits per heavy atom. The Balaban J connectivity index is 1.97. The molecule has 1 aliphatic carbocycles. The van der Waals surface area contributed by atoms with Gasteiger partial charge in [0.05, 0.1) is 0 Å². The fraction of sp³-hybridized carbons (Fsp3) is 1.00. The zero-order valence-corrected chi connectivity index (χ0v) is 5.28. The Hall–Kier alpha value is 0.250. The molecule has 42 valence electrons. The highest BCUT2D eigenvalue weighted by atomic mass is 35.5. The molecule has 0 aromatic carbocycles. The van der Waals surface area contributed by atoms with E-state index in [1.807, 2.05) is 7.05 Å². The van der Waals surface area contributed by atoms with Crippen molar-refractivity contribution in [3.05, 3.63) is 0 Å². The molecule has 0 aromatic rings. The van der Waals surface area contributed by atoms with E-state index < -0.39 is 0 Å². The zero-order valence-electron chi connectivity index (χ0n) is 4.52. The number of hydrogen-bond acceptors (Lipinski definition) is 1. The average Bonchev–Trinajstić information content (AvgIpc) is 2.17. The largest absolute Gasteiger partial charge is 0.223 e. The van der Waals surface area contributed by atoms with Crippen LogP contribution in [0.1, 0.15) is 12.8 Å². The van der Waals surface area contributed by atoms with Crippen LogP contribution in [0.5, 0.6) is 0 Å². The van der Waals surface area contributed by atoms with Crippen LogP contribution in [0.3, 0.4) is 0 Å². The van der Waals surface area contributed by atoms with Crippen LogP contribution in [0.4, 0.5) is 0 Å². The minimum Gasteiger partial charge on any atom is -0.223 e. The molecule has 0 aromatic heterocycles. The Morgan fingerprint density at radius 1 is 1.71 bits per heavy atom. The molecule has 0 N–H and O–H groups in total. The third-order valence-electron chi connectivity index (χ3n) is 1.21. The first-order chi connectivity index (χ1) is 3.29. The molecule has 0 radical (unpaired) electrons. The van der Waals surface area contributed by atoms with Crippen LogP contribution >= 0.6 is 11.8 Å². The average molecular weight is 120 g/mol. The molecule has 2 heteroatoms. The van der Waals surface area contributed by atoms with E-state index in [2.05, 4.69) is 0 Å². The second kappa shape index (κ2) is 2.01. The number of hydrogen-bond donors (Lipinski definition) is 0. The topological polar surface area (TPSA) is 3.24 Å². The molecule has 1 rings (SSSR count). The molecule has 7 heavy (non-hydrogen) atoms. The number of rotatable bonds is 2. The lowest BCUT2D eigenvalue weighted by atomic mass is 10.4. The van der Waals surface area contributed by atoms with Gasteiger partial charge in [0.2, 0.25) is 0 Å². The van der Waals surface area contributed by atoms with Gasteiger partial charge < -0.3 is 0 Å². The molecule has 1 saturated carbocycles. The maximum Gasteiger partial charge on any atom is 0.0164 e. The van der Waals surface area contributed by atoms with E-state index in [0.717, 1.165) is 12.5 Å². The van der Waals surface area contributed by atoms with Gasteiger partial charge in [-0.15, -0.1) is 0 Å². The van der Waals surface area contributed by atoms with Crippen molar-refractivity contribution in [3.8, 4) is 0 Å². The fourth-order valence-corrected chi connectivity index (χ4v) is 0.851. The zero-order chi connectivity index (χ0) is 5.28. The van der Waals surface area contributed by atoms with E-state index in [0.29, 0.717) is 0 Å². The normalized spacial score (nSPS) is 21.0. The molecule has 0 spiro atoms. The molecule has 0 saturated heterocycles. The predicted octanol–water partition coefficient (Wildman–Crippen LogP) is 1.48. The molecule has 0 bridgehead atoms. The van der Waals surface area contributed by atoms with Crippen molar-refractivity contribution in [3.63, 3.8) is 0 Å².